The Morgan fingerprint density at radius 2 is 1.73 bits per heavy atom. The van der Waals surface area contributed by atoms with Crippen LogP contribution in [0.15, 0.2) is 0 Å². The van der Waals surface area contributed by atoms with E-state index in [1.54, 1.807) is 0 Å². The molecule has 0 bridgehead atoms. The minimum Gasteiger partial charge on any atom is -0.414 e. The smallest absolute Gasteiger partial charge is 0.192 e. The van der Waals surface area contributed by atoms with E-state index in [4.69, 9.17) is 4.43 Å². The van der Waals surface area contributed by atoms with Crippen molar-refractivity contribution < 1.29 is 9.53 Å². The molecule has 0 aliphatic carbocycles. The van der Waals surface area contributed by atoms with Crippen molar-refractivity contribution in [2.45, 2.75) is 65.3 Å². The molecule has 2 atom stereocenters. The van der Waals surface area contributed by atoms with Crippen molar-refractivity contribution in [3.63, 3.8) is 0 Å². The SMILES string of the molecule is CC[C@H](O[Si](C)(C)C(C)(C)C)[C@@H](C)CO. The van der Waals surface area contributed by atoms with E-state index < -0.39 is 8.32 Å². The van der Waals surface area contributed by atoms with Crippen molar-refractivity contribution in [3.05, 3.63) is 0 Å². The average molecular weight is 232 g/mol. The van der Waals surface area contributed by atoms with Crippen LogP contribution < -0.4 is 0 Å². The lowest BCUT2D eigenvalue weighted by Crippen LogP contribution is -2.45. The molecule has 1 N–H and O–H groups in total. The summed E-state index contributed by atoms with van der Waals surface area (Å²) in [5.41, 5.74) is 0. The van der Waals surface area contributed by atoms with Crippen LogP contribution in [0.25, 0.3) is 0 Å². The lowest BCUT2D eigenvalue weighted by molar-refractivity contribution is 0.0822. The van der Waals surface area contributed by atoms with E-state index in [1.807, 2.05) is 0 Å². The Bertz CT molecular complexity index is 185. The fraction of sp³-hybridized carbons (Fsp3) is 1.00. The number of aliphatic hydroxyl groups excluding tert-OH is 1. The zero-order chi connectivity index (χ0) is 12.3. The zero-order valence-electron chi connectivity index (χ0n) is 11.4. The monoisotopic (exact) mass is 232 g/mol. The normalized spacial score (nSPS) is 17.6. The Kier molecular flexibility index (Phi) is 5.51. The molecular weight excluding hydrogens is 204 g/mol. The quantitative estimate of drug-likeness (QED) is 0.736. The number of hydrogen-bond acceptors (Lipinski definition) is 2. The van der Waals surface area contributed by atoms with E-state index in [0.29, 0.717) is 0 Å². The van der Waals surface area contributed by atoms with Gasteiger partial charge in [-0.05, 0) is 24.6 Å². The average Bonchev–Trinajstić information content (AvgIpc) is 2.11. The summed E-state index contributed by atoms with van der Waals surface area (Å²) < 4.78 is 6.28. The highest BCUT2D eigenvalue weighted by molar-refractivity contribution is 6.74. The van der Waals surface area contributed by atoms with E-state index in [1.165, 1.54) is 0 Å². The van der Waals surface area contributed by atoms with Gasteiger partial charge in [0.05, 0.1) is 0 Å². The maximum Gasteiger partial charge on any atom is 0.192 e. The summed E-state index contributed by atoms with van der Waals surface area (Å²) >= 11 is 0. The molecule has 0 aromatic heterocycles. The molecule has 0 amide bonds. The van der Waals surface area contributed by atoms with Gasteiger partial charge >= 0.3 is 0 Å². The first kappa shape index (κ1) is 15.1. The van der Waals surface area contributed by atoms with E-state index >= 15 is 0 Å². The molecule has 3 heteroatoms. The Hall–Kier alpha value is 0.137. The fourth-order valence-corrected chi connectivity index (χ4v) is 2.78. The van der Waals surface area contributed by atoms with Gasteiger partial charge < -0.3 is 9.53 Å². The van der Waals surface area contributed by atoms with Crippen LogP contribution in [0.5, 0.6) is 0 Å². The second-order valence-corrected chi connectivity index (χ2v) is 10.7. The third-order valence-corrected chi connectivity index (χ3v) is 8.08. The standard InChI is InChI=1S/C12H28O2Si/c1-8-11(10(2)9-13)14-15(6,7)12(3,4)5/h10-11,13H,8-9H2,1-7H3/t10-,11-/m0/s1. The third kappa shape index (κ3) is 4.25. The zero-order valence-corrected chi connectivity index (χ0v) is 12.4. The predicted molar refractivity (Wildman–Crippen MR) is 68.6 cm³/mol. The van der Waals surface area contributed by atoms with Gasteiger partial charge in [-0.3, -0.25) is 0 Å². The molecule has 0 fully saturated rings. The van der Waals surface area contributed by atoms with Gasteiger partial charge in [0.25, 0.3) is 0 Å². The minimum absolute atomic E-state index is 0.205. The summed E-state index contributed by atoms with van der Waals surface area (Å²) in [7, 11) is -1.68. The summed E-state index contributed by atoms with van der Waals surface area (Å²) in [6.45, 7) is 15.7. The van der Waals surface area contributed by atoms with Gasteiger partial charge in [0.15, 0.2) is 8.32 Å². The second-order valence-electron chi connectivity index (χ2n) is 5.98. The van der Waals surface area contributed by atoms with Gasteiger partial charge in [0.1, 0.15) is 0 Å². The molecule has 0 aromatic carbocycles. The number of rotatable bonds is 5. The molecular formula is C12H28O2Si. The minimum atomic E-state index is -1.68. The van der Waals surface area contributed by atoms with Crippen LogP contribution in [0.3, 0.4) is 0 Å². The molecule has 2 nitrogen and oxygen atoms in total. The van der Waals surface area contributed by atoms with E-state index in [2.05, 4.69) is 47.7 Å². The van der Waals surface area contributed by atoms with Crippen molar-refractivity contribution in [1.29, 1.82) is 0 Å². The Balaban J connectivity index is 4.54. The first-order chi connectivity index (χ1) is 6.65. The van der Waals surface area contributed by atoms with Crippen LogP contribution in [-0.4, -0.2) is 26.1 Å². The fourth-order valence-electron chi connectivity index (χ4n) is 1.27. The predicted octanol–water partition coefficient (Wildman–Crippen LogP) is 3.42. The lowest BCUT2D eigenvalue weighted by atomic mass is 10.0. The van der Waals surface area contributed by atoms with Crippen molar-refractivity contribution in [2.75, 3.05) is 6.61 Å². The molecule has 0 heterocycles. The maximum absolute atomic E-state index is 9.17. The Labute approximate surface area is 96.2 Å². The van der Waals surface area contributed by atoms with Gasteiger partial charge in [-0.25, -0.2) is 0 Å². The molecule has 0 unspecified atom stereocenters. The lowest BCUT2D eigenvalue weighted by Gasteiger charge is -2.40. The molecule has 0 aromatic rings. The molecule has 0 rings (SSSR count). The van der Waals surface area contributed by atoms with Crippen molar-refractivity contribution >= 4 is 8.32 Å². The van der Waals surface area contributed by atoms with Crippen LogP contribution in [-0.2, 0) is 4.43 Å². The van der Waals surface area contributed by atoms with Gasteiger partial charge in [-0.1, -0.05) is 34.6 Å². The molecule has 0 aliphatic rings. The van der Waals surface area contributed by atoms with Crippen LogP contribution in [0, 0.1) is 5.92 Å². The van der Waals surface area contributed by atoms with Gasteiger partial charge in [0.2, 0.25) is 0 Å². The van der Waals surface area contributed by atoms with Gasteiger partial charge in [-0.15, -0.1) is 0 Å². The Morgan fingerprint density at radius 3 is 2.00 bits per heavy atom. The highest BCUT2D eigenvalue weighted by Crippen LogP contribution is 2.38. The van der Waals surface area contributed by atoms with E-state index in [-0.39, 0.29) is 23.7 Å². The molecule has 15 heavy (non-hydrogen) atoms. The van der Waals surface area contributed by atoms with Crippen LogP contribution >= 0.6 is 0 Å². The topological polar surface area (TPSA) is 29.5 Å². The van der Waals surface area contributed by atoms with Crippen molar-refractivity contribution in [3.8, 4) is 0 Å². The van der Waals surface area contributed by atoms with Crippen LogP contribution in [0.1, 0.15) is 41.0 Å². The summed E-state index contributed by atoms with van der Waals surface area (Å²) in [5, 5.41) is 9.42. The van der Waals surface area contributed by atoms with Gasteiger partial charge in [-0.2, -0.15) is 0 Å². The molecule has 0 radical (unpaired) electrons. The second kappa shape index (κ2) is 5.46. The molecule has 0 saturated heterocycles. The largest absolute Gasteiger partial charge is 0.414 e. The molecule has 0 spiro atoms. The number of hydrogen-bond donors (Lipinski definition) is 1. The molecule has 0 saturated carbocycles. The summed E-state index contributed by atoms with van der Waals surface area (Å²) in [5.74, 6) is 0.240. The maximum atomic E-state index is 9.17. The summed E-state index contributed by atoms with van der Waals surface area (Å²) in [4.78, 5) is 0. The third-order valence-electron chi connectivity index (χ3n) is 3.58. The highest BCUT2D eigenvalue weighted by Gasteiger charge is 2.39. The Morgan fingerprint density at radius 1 is 1.27 bits per heavy atom. The van der Waals surface area contributed by atoms with E-state index in [9.17, 15) is 5.11 Å². The van der Waals surface area contributed by atoms with Gasteiger partial charge in [0, 0.05) is 18.6 Å². The highest BCUT2D eigenvalue weighted by atomic mass is 28.4. The summed E-state index contributed by atoms with van der Waals surface area (Å²) in [6.07, 6.45) is 1.18. The van der Waals surface area contributed by atoms with Crippen molar-refractivity contribution in [1.82, 2.24) is 0 Å². The van der Waals surface area contributed by atoms with Crippen LogP contribution in [0.2, 0.25) is 18.1 Å². The number of aliphatic hydroxyl groups is 1. The molecule has 92 valence electrons. The first-order valence-corrected chi connectivity index (χ1v) is 8.85. The first-order valence-electron chi connectivity index (χ1n) is 5.94. The summed E-state index contributed by atoms with van der Waals surface area (Å²) in [6, 6.07) is 0. The molecule has 0 aliphatic heterocycles. The van der Waals surface area contributed by atoms with Crippen LogP contribution in [0.4, 0.5) is 0 Å². The van der Waals surface area contributed by atoms with Crippen molar-refractivity contribution in [2.24, 2.45) is 5.92 Å². The van der Waals surface area contributed by atoms with E-state index in [0.717, 1.165) is 6.42 Å².